The minimum atomic E-state index is -1.00. The van der Waals surface area contributed by atoms with Crippen molar-refractivity contribution in [3.8, 4) is 11.4 Å². The number of H-pyrrole nitrogens is 1. The number of pyridine rings is 1. The molecule has 20 heavy (non-hydrogen) atoms. The first-order valence-electron chi connectivity index (χ1n) is 5.91. The number of nitrogens with one attached hydrogen (secondary N) is 1. The first-order chi connectivity index (χ1) is 9.58. The topological polar surface area (TPSA) is 78.9 Å². The summed E-state index contributed by atoms with van der Waals surface area (Å²) in [6, 6.07) is 7.28. The molecule has 0 bridgehead atoms. The van der Waals surface area contributed by atoms with Crippen molar-refractivity contribution in [2.45, 2.75) is 6.92 Å². The molecule has 0 saturated heterocycles. The van der Waals surface area contributed by atoms with E-state index < -0.39 is 5.97 Å². The number of hydrogen-bond donors (Lipinski definition) is 2. The number of aromatic amines is 1. The van der Waals surface area contributed by atoms with E-state index in [0.29, 0.717) is 17.0 Å². The molecule has 3 rings (SSSR count). The van der Waals surface area contributed by atoms with Crippen molar-refractivity contribution < 1.29 is 9.90 Å². The lowest BCUT2D eigenvalue weighted by Gasteiger charge is -2.03. The number of aromatic nitrogens is 3. The number of aryl methyl sites for hydroxylation is 1. The van der Waals surface area contributed by atoms with E-state index in [2.05, 4.69) is 30.9 Å². The quantitative estimate of drug-likeness (QED) is 0.754. The molecule has 2 aromatic heterocycles. The Kier molecular flexibility index (Phi) is 3.02. The highest BCUT2D eigenvalue weighted by Gasteiger charge is 2.15. The van der Waals surface area contributed by atoms with Gasteiger partial charge < -0.3 is 10.1 Å². The number of carboxylic acids is 1. The van der Waals surface area contributed by atoms with Crippen LogP contribution in [-0.4, -0.2) is 26.0 Å². The van der Waals surface area contributed by atoms with E-state index in [-0.39, 0.29) is 5.56 Å². The van der Waals surface area contributed by atoms with E-state index in [1.54, 1.807) is 0 Å². The van der Waals surface area contributed by atoms with Crippen molar-refractivity contribution >= 4 is 33.1 Å². The van der Waals surface area contributed by atoms with Crippen LogP contribution < -0.4 is 0 Å². The van der Waals surface area contributed by atoms with Gasteiger partial charge in [0.25, 0.3) is 0 Å². The SMILES string of the molecule is Cc1cccc(-c2nc3nccc(C(=O)O)c3[nH]2)c1Br. The first kappa shape index (κ1) is 12.8. The number of carbonyl (C=O) groups is 1. The highest BCUT2D eigenvalue weighted by atomic mass is 79.9. The maximum atomic E-state index is 11.2. The fourth-order valence-corrected chi connectivity index (χ4v) is 2.50. The van der Waals surface area contributed by atoms with E-state index >= 15 is 0 Å². The summed E-state index contributed by atoms with van der Waals surface area (Å²) in [5, 5.41) is 9.18. The Morgan fingerprint density at radius 2 is 2.15 bits per heavy atom. The minimum absolute atomic E-state index is 0.164. The summed E-state index contributed by atoms with van der Waals surface area (Å²) in [5.41, 5.74) is 2.95. The Bertz CT molecular complexity index is 826. The van der Waals surface area contributed by atoms with E-state index in [0.717, 1.165) is 15.6 Å². The summed E-state index contributed by atoms with van der Waals surface area (Å²) in [4.78, 5) is 22.7. The van der Waals surface area contributed by atoms with Gasteiger partial charge in [0, 0.05) is 16.2 Å². The molecule has 0 spiro atoms. The molecular formula is C14H10BrN3O2. The molecule has 0 fully saturated rings. The Labute approximate surface area is 122 Å². The van der Waals surface area contributed by atoms with Gasteiger partial charge in [-0.2, -0.15) is 0 Å². The van der Waals surface area contributed by atoms with Crippen molar-refractivity contribution in [2.75, 3.05) is 0 Å². The molecule has 0 aliphatic heterocycles. The van der Waals surface area contributed by atoms with Crippen LogP contribution in [0.1, 0.15) is 15.9 Å². The number of carboxylic acid groups (broad SMARTS) is 1. The lowest BCUT2D eigenvalue weighted by molar-refractivity contribution is 0.0699. The van der Waals surface area contributed by atoms with Gasteiger partial charge in [-0.05, 0) is 34.5 Å². The monoisotopic (exact) mass is 331 g/mol. The molecule has 0 unspecified atom stereocenters. The maximum Gasteiger partial charge on any atom is 0.338 e. The molecule has 3 aromatic rings. The van der Waals surface area contributed by atoms with Crippen LogP contribution in [0.2, 0.25) is 0 Å². The largest absolute Gasteiger partial charge is 0.478 e. The smallest absolute Gasteiger partial charge is 0.338 e. The fourth-order valence-electron chi connectivity index (χ4n) is 2.05. The second-order valence-electron chi connectivity index (χ2n) is 4.38. The molecule has 0 saturated carbocycles. The summed E-state index contributed by atoms with van der Waals surface area (Å²) in [5.74, 6) is -0.410. The van der Waals surface area contributed by atoms with Crippen LogP contribution in [0, 0.1) is 6.92 Å². The molecule has 5 nitrogen and oxygen atoms in total. The normalized spacial score (nSPS) is 10.9. The summed E-state index contributed by atoms with van der Waals surface area (Å²) in [6.45, 7) is 1.98. The fraction of sp³-hybridized carbons (Fsp3) is 0.0714. The highest BCUT2D eigenvalue weighted by Crippen LogP contribution is 2.30. The van der Waals surface area contributed by atoms with Gasteiger partial charge in [0.05, 0.1) is 11.1 Å². The number of benzene rings is 1. The van der Waals surface area contributed by atoms with Gasteiger partial charge >= 0.3 is 5.97 Å². The zero-order valence-electron chi connectivity index (χ0n) is 10.5. The molecule has 0 atom stereocenters. The third-order valence-corrected chi connectivity index (χ3v) is 4.12. The third-order valence-electron chi connectivity index (χ3n) is 3.07. The Morgan fingerprint density at radius 3 is 2.90 bits per heavy atom. The van der Waals surface area contributed by atoms with Gasteiger partial charge in [-0.3, -0.25) is 0 Å². The molecule has 0 aliphatic rings. The number of imidazole rings is 1. The van der Waals surface area contributed by atoms with Gasteiger partial charge in [0.1, 0.15) is 5.82 Å². The number of aromatic carboxylic acids is 1. The molecule has 0 aliphatic carbocycles. The van der Waals surface area contributed by atoms with Crippen molar-refractivity contribution in [3.05, 3.63) is 46.1 Å². The summed E-state index contributed by atoms with van der Waals surface area (Å²) in [7, 11) is 0. The Morgan fingerprint density at radius 1 is 1.35 bits per heavy atom. The van der Waals surface area contributed by atoms with Crippen LogP contribution in [0.25, 0.3) is 22.6 Å². The Balaban J connectivity index is 2.26. The second-order valence-corrected chi connectivity index (χ2v) is 5.18. The van der Waals surface area contributed by atoms with Crippen molar-refractivity contribution in [1.29, 1.82) is 0 Å². The predicted molar refractivity (Wildman–Crippen MR) is 78.7 cm³/mol. The van der Waals surface area contributed by atoms with Crippen LogP contribution in [0.5, 0.6) is 0 Å². The van der Waals surface area contributed by atoms with Crippen LogP contribution in [-0.2, 0) is 0 Å². The lowest BCUT2D eigenvalue weighted by atomic mass is 10.1. The molecular weight excluding hydrogens is 322 g/mol. The molecule has 100 valence electrons. The zero-order valence-corrected chi connectivity index (χ0v) is 12.1. The number of hydrogen-bond acceptors (Lipinski definition) is 3. The van der Waals surface area contributed by atoms with Crippen LogP contribution in [0.3, 0.4) is 0 Å². The van der Waals surface area contributed by atoms with Gasteiger partial charge in [0.2, 0.25) is 0 Å². The van der Waals surface area contributed by atoms with Crippen molar-refractivity contribution in [1.82, 2.24) is 15.0 Å². The number of halogens is 1. The zero-order chi connectivity index (χ0) is 14.3. The van der Waals surface area contributed by atoms with Crippen LogP contribution in [0.4, 0.5) is 0 Å². The third kappa shape index (κ3) is 1.98. The van der Waals surface area contributed by atoms with E-state index in [4.69, 9.17) is 0 Å². The second kappa shape index (κ2) is 4.72. The van der Waals surface area contributed by atoms with Crippen LogP contribution in [0.15, 0.2) is 34.9 Å². The number of rotatable bonds is 2. The minimum Gasteiger partial charge on any atom is -0.478 e. The van der Waals surface area contributed by atoms with E-state index in [9.17, 15) is 9.90 Å². The average Bonchev–Trinajstić information content (AvgIpc) is 2.84. The van der Waals surface area contributed by atoms with E-state index in [1.807, 2.05) is 25.1 Å². The van der Waals surface area contributed by atoms with Gasteiger partial charge in [-0.15, -0.1) is 0 Å². The molecule has 0 amide bonds. The van der Waals surface area contributed by atoms with Crippen molar-refractivity contribution in [2.24, 2.45) is 0 Å². The molecule has 2 N–H and O–H groups in total. The summed E-state index contributed by atoms with van der Waals surface area (Å²) < 4.78 is 0.927. The summed E-state index contributed by atoms with van der Waals surface area (Å²) >= 11 is 3.52. The molecule has 2 heterocycles. The Hall–Kier alpha value is -2.21. The molecule has 1 aromatic carbocycles. The van der Waals surface area contributed by atoms with E-state index in [1.165, 1.54) is 12.3 Å². The van der Waals surface area contributed by atoms with Gasteiger partial charge in [-0.25, -0.2) is 14.8 Å². The molecule has 0 radical (unpaired) electrons. The van der Waals surface area contributed by atoms with Crippen LogP contribution >= 0.6 is 15.9 Å². The summed E-state index contributed by atoms with van der Waals surface area (Å²) in [6.07, 6.45) is 1.45. The van der Waals surface area contributed by atoms with Gasteiger partial charge in [0.15, 0.2) is 5.65 Å². The van der Waals surface area contributed by atoms with Gasteiger partial charge in [-0.1, -0.05) is 18.2 Å². The predicted octanol–water partition coefficient (Wildman–Crippen LogP) is 3.39. The standard InChI is InChI=1S/C14H10BrN3O2/c1-7-3-2-4-8(10(7)15)12-17-11-9(14(19)20)5-6-16-13(11)18-12/h2-6H,1H3,(H,19,20)(H,16,17,18). The number of nitrogens with zero attached hydrogens (tertiary/aromatic N) is 2. The highest BCUT2D eigenvalue weighted by molar-refractivity contribution is 9.10. The number of fused-ring (bicyclic) bond motifs is 1. The first-order valence-corrected chi connectivity index (χ1v) is 6.70. The van der Waals surface area contributed by atoms with Crippen molar-refractivity contribution in [3.63, 3.8) is 0 Å². The lowest BCUT2D eigenvalue weighted by Crippen LogP contribution is -1.97. The molecule has 6 heteroatoms. The maximum absolute atomic E-state index is 11.2. The average molecular weight is 332 g/mol.